The van der Waals surface area contributed by atoms with E-state index in [0.717, 1.165) is 5.56 Å². The number of nitrogens with zero attached hydrogens (tertiary/aromatic N) is 4. The average molecular weight is 328 g/mol. The van der Waals surface area contributed by atoms with Crippen molar-refractivity contribution in [2.24, 2.45) is 19.8 Å². The Morgan fingerprint density at radius 1 is 1.12 bits per heavy atom. The molecule has 0 bridgehead atoms. The molecule has 8 nitrogen and oxygen atoms in total. The van der Waals surface area contributed by atoms with E-state index < -0.39 is 0 Å². The maximum absolute atomic E-state index is 12.9. The van der Waals surface area contributed by atoms with Crippen LogP contribution in [0.25, 0.3) is 11.2 Å². The maximum atomic E-state index is 12.9. The van der Waals surface area contributed by atoms with Gasteiger partial charge >= 0.3 is 5.69 Å². The summed E-state index contributed by atoms with van der Waals surface area (Å²) in [5, 5.41) is 3.06. The third-order valence-electron chi connectivity index (χ3n) is 3.97. The summed E-state index contributed by atoms with van der Waals surface area (Å²) in [5.41, 5.74) is 6.38. The predicted molar refractivity (Wildman–Crippen MR) is 93.3 cm³/mol. The fourth-order valence-electron chi connectivity index (χ4n) is 2.69. The van der Waals surface area contributed by atoms with Gasteiger partial charge in [0.15, 0.2) is 11.2 Å². The number of aryl methyl sites for hydroxylation is 2. The van der Waals surface area contributed by atoms with Crippen LogP contribution in [0.15, 0.2) is 39.9 Å². The molecule has 0 amide bonds. The molecule has 24 heavy (non-hydrogen) atoms. The Labute approximate surface area is 138 Å². The van der Waals surface area contributed by atoms with Crippen molar-refractivity contribution in [1.82, 2.24) is 18.7 Å². The minimum absolute atomic E-state index is 0.221. The van der Waals surface area contributed by atoms with E-state index in [2.05, 4.69) is 10.3 Å². The molecule has 0 aliphatic rings. The molecule has 0 spiro atoms. The number of fused-ring (bicyclic) bond motifs is 1. The second kappa shape index (κ2) is 6.32. The standard InChI is InChI=1S/C16H20N6O2/c1-20-12-13(19-15(20)18-9-8-17)21(2)16(24)22(14(12)23)10-11-6-4-3-5-7-11/h3-7H,8-10,17H2,1-2H3,(H,18,19). The monoisotopic (exact) mass is 328 g/mol. The van der Waals surface area contributed by atoms with Gasteiger partial charge in [0.1, 0.15) is 0 Å². The van der Waals surface area contributed by atoms with E-state index in [1.807, 2.05) is 30.3 Å². The van der Waals surface area contributed by atoms with Crippen molar-refractivity contribution in [3.8, 4) is 0 Å². The van der Waals surface area contributed by atoms with Crippen LogP contribution in [0.2, 0.25) is 0 Å². The average Bonchev–Trinajstić information content (AvgIpc) is 2.93. The van der Waals surface area contributed by atoms with Gasteiger partial charge in [-0.15, -0.1) is 0 Å². The fraction of sp³-hybridized carbons (Fsp3) is 0.312. The third kappa shape index (κ3) is 2.61. The van der Waals surface area contributed by atoms with Crippen LogP contribution < -0.4 is 22.3 Å². The molecule has 0 aliphatic heterocycles. The van der Waals surface area contributed by atoms with E-state index in [-0.39, 0.29) is 17.8 Å². The van der Waals surface area contributed by atoms with E-state index in [1.165, 1.54) is 9.13 Å². The van der Waals surface area contributed by atoms with E-state index in [0.29, 0.717) is 30.2 Å². The molecule has 3 aromatic rings. The minimum Gasteiger partial charge on any atom is -0.354 e. The molecule has 0 unspecified atom stereocenters. The molecule has 2 aromatic heterocycles. The van der Waals surface area contributed by atoms with Gasteiger partial charge in [0, 0.05) is 27.2 Å². The van der Waals surface area contributed by atoms with Crippen molar-refractivity contribution in [2.45, 2.75) is 6.54 Å². The van der Waals surface area contributed by atoms with Crippen LogP contribution in [-0.4, -0.2) is 31.8 Å². The Kier molecular flexibility index (Phi) is 4.22. The number of aromatic nitrogens is 4. The molecular weight excluding hydrogens is 308 g/mol. The fourth-order valence-corrected chi connectivity index (χ4v) is 2.69. The number of imidazole rings is 1. The first-order valence-electron chi connectivity index (χ1n) is 7.68. The molecule has 126 valence electrons. The molecule has 3 N–H and O–H groups in total. The summed E-state index contributed by atoms with van der Waals surface area (Å²) >= 11 is 0. The Balaban J connectivity index is 2.19. The predicted octanol–water partition coefficient (Wildman–Crippen LogP) is -0.147. The van der Waals surface area contributed by atoms with Gasteiger partial charge in [-0.25, -0.2) is 4.79 Å². The van der Waals surface area contributed by atoms with E-state index in [1.54, 1.807) is 18.7 Å². The SMILES string of the molecule is Cn1c(NCCN)nc2c1c(=O)n(Cc1ccccc1)c(=O)n2C. The number of anilines is 1. The highest BCUT2D eigenvalue weighted by atomic mass is 16.2. The Morgan fingerprint density at radius 3 is 2.50 bits per heavy atom. The lowest BCUT2D eigenvalue weighted by Crippen LogP contribution is -2.39. The zero-order valence-corrected chi connectivity index (χ0v) is 13.7. The van der Waals surface area contributed by atoms with Gasteiger partial charge in [0.2, 0.25) is 5.95 Å². The molecule has 3 rings (SSSR count). The second-order valence-corrected chi connectivity index (χ2v) is 5.60. The highest BCUT2D eigenvalue weighted by molar-refractivity contribution is 5.74. The number of rotatable bonds is 5. The van der Waals surface area contributed by atoms with Crippen LogP contribution in [0.4, 0.5) is 5.95 Å². The molecule has 0 saturated carbocycles. The topological polar surface area (TPSA) is 99.9 Å². The summed E-state index contributed by atoms with van der Waals surface area (Å²) in [4.78, 5) is 29.8. The lowest BCUT2D eigenvalue weighted by Gasteiger charge is -2.08. The third-order valence-corrected chi connectivity index (χ3v) is 3.97. The van der Waals surface area contributed by atoms with E-state index >= 15 is 0 Å². The van der Waals surface area contributed by atoms with Gasteiger partial charge in [-0.05, 0) is 5.56 Å². The normalized spacial score (nSPS) is 11.1. The van der Waals surface area contributed by atoms with Crippen LogP contribution in [0.1, 0.15) is 5.56 Å². The van der Waals surface area contributed by atoms with Crippen LogP contribution in [0.3, 0.4) is 0 Å². The summed E-state index contributed by atoms with van der Waals surface area (Å²) < 4.78 is 4.29. The summed E-state index contributed by atoms with van der Waals surface area (Å²) in [6, 6.07) is 9.41. The molecule has 1 aromatic carbocycles. The molecule has 0 fully saturated rings. The molecule has 0 saturated heterocycles. The van der Waals surface area contributed by atoms with Crippen LogP contribution in [0.5, 0.6) is 0 Å². The van der Waals surface area contributed by atoms with Gasteiger partial charge in [0.25, 0.3) is 5.56 Å². The van der Waals surface area contributed by atoms with Crippen molar-refractivity contribution in [2.75, 3.05) is 18.4 Å². The highest BCUT2D eigenvalue weighted by Gasteiger charge is 2.18. The lowest BCUT2D eigenvalue weighted by molar-refractivity contribution is 0.655. The summed E-state index contributed by atoms with van der Waals surface area (Å²) in [5.74, 6) is 0.514. The largest absolute Gasteiger partial charge is 0.354 e. The first-order chi connectivity index (χ1) is 11.5. The first kappa shape index (κ1) is 16.0. The molecular formula is C16H20N6O2. The number of hydrogen-bond donors (Lipinski definition) is 2. The van der Waals surface area contributed by atoms with Gasteiger partial charge < -0.3 is 15.6 Å². The van der Waals surface area contributed by atoms with Crippen molar-refractivity contribution < 1.29 is 0 Å². The Bertz CT molecular complexity index is 984. The van der Waals surface area contributed by atoms with Gasteiger partial charge in [-0.2, -0.15) is 4.98 Å². The summed E-state index contributed by atoms with van der Waals surface area (Å²) in [6.07, 6.45) is 0. The van der Waals surface area contributed by atoms with Crippen molar-refractivity contribution in [1.29, 1.82) is 0 Å². The summed E-state index contributed by atoms with van der Waals surface area (Å²) in [6.45, 7) is 1.20. The van der Waals surface area contributed by atoms with Crippen LogP contribution in [-0.2, 0) is 20.6 Å². The Hall–Kier alpha value is -2.87. The second-order valence-electron chi connectivity index (χ2n) is 5.60. The van der Waals surface area contributed by atoms with Crippen molar-refractivity contribution in [3.63, 3.8) is 0 Å². The van der Waals surface area contributed by atoms with Crippen molar-refractivity contribution in [3.05, 3.63) is 56.7 Å². The number of nitrogens with two attached hydrogens (primary N) is 1. The van der Waals surface area contributed by atoms with E-state index in [4.69, 9.17) is 5.73 Å². The molecule has 8 heteroatoms. The zero-order chi connectivity index (χ0) is 17.3. The first-order valence-corrected chi connectivity index (χ1v) is 7.68. The van der Waals surface area contributed by atoms with Crippen molar-refractivity contribution >= 4 is 17.1 Å². The smallest absolute Gasteiger partial charge is 0.332 e. The minimum atomic E-state index is -0.389. The molecule has 2 heterocycles. The van der Waals surface area contributed by atoms with Gasteiger partial charge in [-0.1, -0.05) is 30.3 Å². The molecule has 0 atom stereocenters. The number of nitrogens with one attached hydrogen (secondary N) is 1. The zero-order valence-electron chi connectivity index (χ0n) is 13.7. The number of benzene rings is 1. The number of hydrogen-bond acceptors (Lipinski definition) is 5. The summed E-state index contributed by atoms with van der Waals surface area (Å²) in [7, 11) is 3.36. The molecule has 0 radical (unpaired) electrons. The highest BCUT2D eigenvalue weighted by Crippen LogP contribution is 2.13. The van der Waals surface area contributed by atoms with E-state index in [9.17, 15) is 9.59 Å². The van der Waals surface area contributed by atoms with Crippen LogP contribution >= 0.6 is 0 Å². The lowest BCUT2D eigenvalue weighted by atomic mass is 10.2. The van der Waals surface area contributed by atoms with Crippen LogP contribution in [0, 0.1) is 0 Å². The quantitative estimate of drug-likeness (QED) is 0.679. The Morgan fingerprint density at radius 2 is 1.83 bits per heavy atom. The molecule has 0 aliphatic carbocycles. The van der Waals surface area contributed by atoms with Gasteiger partial charge in [0.05, 0.1) is 6.54 Å². The maximum Gasteiger partial charge on any atom is 0.332 e. The van der Waals surface area contributed by atoms with Gasteiger partial charge in [-0.3, -0.25) is 13.9 Å².